The molecule has 0 aromatic heterocycles. The number of amides is 3. The van der Waals surface area contributed by atoms with E-state index in [1.807, 2.05) is 30.3 Å². The summed E-state index contributed by atoms with van der Waals surface area (Å²) in [5, 5.41) is 2.38. The number of nitrogens with one attached hydrogen (secondary N) is 1. The zero-order chi connectivity index (χ0) is 13.6. The van der Waals surface area contributed by atoms with Crippen LogP contribution in [0.3, 0.4) is 0 Å². The van der Waals surface area contributed by atoms with Crippen molar-refractivity contribution in [2.24, 2.45) is 11.5 Å². The van der Waals surface area contributed by atoms with Gasteiger partial charge >= 0.3 is 6.03 Å². The Morgan fingerprint density at radius 2 is 1.89 bits per heavy atom. The topological polar surface area (TPSA) is 107 Å². The van der Waals surface area contributed by atoms with Gasteiger partial charge in [0.2, 0.25) is 5.91 Å². The van der Waals surface area contributed by atoms with Gasteiger partial charge in [-0.25, -0.2) is 4.79 Å². The number of nitrogens with two attached hydrogens (primary N) is 2. The van der Waals surface area contributed by atoms with Gasteiger partial charge in [-0.1, -0.05) is 30.3 Å². The first-order chi connectivity index (χ1) is 8.50. The minimum Gasteiger partial charge on any atom is -0.382 e. The minimum absolute atomic E-state index is 0.0415. The minimum atomic E-state index is -1.33. The first-order valence-corrected chi connectivity index (χ1v) is 5.40. The summed E-state index contributed by atoms with van der Waals surface area (Å²) in [5.74, 6) is -0.688. The molecule has 6 heteroatoms. The molecule has 0 radical (unpaired) electrons. The van der Waals surface area contributed by atoms with Crippen molar-refractivity contribution in [3.05, 3.63) is 35.9 Å². The van der Waals surface area contributed by atoms with E-state index in [1.54, 1.807) is 0 Å². The molecule has 0 saturated heterocycles. The summed E-state index contributed by atoms with van der Waals surface area (Å²) in [5.41, 5.74) is 9.97. The van der Waals surface area contributed by atoms with Crippen LogP contribution in [0.25, 0.3) is 0 Å². The van der Waals surface area contributed by atoms with Gasteiger partial charge in [-0.2, -0.15) is 0 Å². The lowest BCUT2D eigenvalue weighted by Crippen LogP contribution is -2.62. The second-order valence-corrected chi connectivity index (χ2v) is 4.03. The average molecular weight is 251 g/mol. The predicted octanol–water partition coefficient (Wildman–Crippen LogP) is -0.232. The van der Waals surface area contributed by atoms with E-state index in [4.69, 9.17) is 16.2 Å². The number of benzene rings is 1. The third-order valence-electron chi connectivity index (χ3n) is 2.57. The first-order valence-electron chi connectivity index (χ1n) is 5.40. The van der Waals surface area contributed by atoms with Crippen LogP contribution in [-0.2, 0) is 16.0 Å². The highest BCUT2D eigenvalue weighted by atomic mass is 16.5. The molecule has 1 rings (SSSR count). The lowest BCUT2D eigenvalue weighted by Gasteiger charge is -2.30. The van der Waals surface area contributed by atoms with E-state index in [2.05, 4.69) is 5.32 Å². The van der Waals surface area contributed by atoms with Gasteiger partial charge in [0.05, 0.1) is 6.61 Å². The Morgan fingerprint density at radius 1 is 1.28 bits per heavy atom. The van der Waals surface area contributed by atoms with Gasteiger partial charge < -0.3 is 21.5 Å². The molecule has 18 heavy (non-hydrogen) atoms. The van der Waals surface area contributed by atoms with Crippen LogP contribution in [0.2, 0.25) is 0 Å². The fourth-order valence-electron chi connectivity index (χ4n) is 1.78. The van der Waals surface area contributed by atoms with Crippen LogP contribution in [0.15, 0.2) is 30.3 Å². The van der Waals surface area contributed by atoms with E-state index >= 15 is 0 Å². The molecule has 5 N–H and O–H groups in total. The van der Waals surface area contributed by atoms with Gasteiger partial charge in [0.1, 0.15) is 5.54 Å². The standard InChI is InChI=1S/C12H17N3O3/c1-18-8-12(10(13)16,15-11(14)17)7-9-5-3-2-4-6-9/h2-6H,7-8H2,1H3,(H2,13,16)(H3,14,15,17). The fraction of sp³-hybridized carbons (Fsp3) is 0.333. The van der Waals surface area contributed by atoms with Crippen molar-refractivity contribution in [3.8, 4) is 0 Å². The second kappa shape index (κ2) is 6.02. The Kier molecular flexibility index (Phi) is 4.67. The number of methoxy groups -OCH3 is 1. The van der Waals surface area contributed by atoms with Crippen LogP contribution in [0, 0.1) is 0 Å². The first kappa shape index (κ1) is 14.0. The highest BCUT2D eigenvalue weighted by molar-refractivity contribution is 5.90. The molecule has 0 aliphatic carbocycles. The molecule has 0 aliphatic rings. The number of urea groups is 1. The second-order valence-electron chi connectivity index (χ2n) is 4.03. The summed E-state index contributed by atoms with van der Waals surface area (Å²) in [7, 11) is 1.42. The van der Waals surface area contributed by atoms with E-state index in [-0.39, 0.29) is 13.0 Å². The fourth-order valence-corrected chi connectivity index (χ4v) is 1.78. The summed E-state index contributed by atoms with van der Waals surface area (Å²) < 4.78 is 4.97. The maximum atomic E-state index is 11.6. The summed E-state index contributed by atoms with van der Waals surface area (Å²) in [6.07, 6.45) is 0.222. The van der Waals surface area contributed by atoms with E-state index in [0.29, 0.717) is 0 Å². The zero-order valence-electron chi connectivity index (χ0n) is 10.2. The van der Waals surface area contributed by atoms with Crippen molar-refractivity contribution in [2.45, 2.75) is 12.0 Å². The zero-order valence-corrected chi connectivity index (χ0v) is 10.2. The summed E-state index contributed by atoms with van der Waals surface area (Å²) in [4.78, 5) is 22.7. The number of rotatable bonds is 6. The number of hydrogen-bond donors (Lipinski definition) is 3. The summed E-state index contributed by atoms with van der Waals surface area (Å²) in [6.45, 7) is -0.0415. The van der Waals surface area contributed by atoms with E-state index < -0.39 is 17.5 Å². The average Bonchev–Trinajstić information content (AvgIpc) is 2.29. The molecule has 1 aromatic rings. The SMILES string of the molecule is COCC(Cc1ccccc1)(NC(N)=O)C(N)=O. The number of ether oxygens (including phenoxy) is 1. The Hall–Kier alpha value is -2.08. The molecule has 0 saturated carbocycles. The van der Waals surface area contributed by atoms with Crippen molar-refractivity contribution in [3.63, 3.8) is 0 Å². The van der Waals surface area contributed by atoms with Gasteiger partial charge in [-0.3, -0.25) is 4.79 Å². The largest absolute Gasteiger partial charge is 0.382 e. The van der Waals surface area contributed by atoms with Crippen LogP contribution in [0.4, 0.5) is 4.79 Å². The third kappa shape index (κ3) is 3.46. The van der Waals surface area contributed by atoms with Crippen LogP contribution >= 0.6 is 0 Å². The molecule has 1 unspecified atom stereocenters. The Morgan fingerprint density at radius 3 is 2.33 bits per heavy atom. The van der Waals surface area contributed by atoms with Gasteiger partial charge in [-0.15, -0.1) is 0 Å². The molecule has 0 fully saturated rings. The van der Waals surface area contributed by atoms with Crippen molar-refractivity contribution in [1.29, 1.82) is 0 Å². The number of primary amides is 2. The molecular weight excluding hydrogens is 234 g/mol. The van der Waals surface area contributed by atoms with Crippen LogP contribution in [-0.4, -0.2) is 31.2 Å². The highest BCUT2D eigenvalue weighted by Crippen LogP contribution is 2.14. The molecular formula is C12H17N3O3. The summed E-state index contributed by atoms with van der Waals surface area (Å²) in [6, 6.07) is 8.36. The highest BCUT2D eigenvalue weighted by Gasteiger charge is 2.38. The van der Waals surface area contributed by atoms with E-state index in [1.165, 1.54) is 7.11 Å². The molecule has 98 valence electrons. The quantitative estimate of drug-likeness (QED) is 0.649. The van der Waals surface area contributed by atoms with E-state index in [9.17, 15) is 9.59 Å². The number of hydrogen-bond acceptors (Lipinski definition) is 3. The van der Waals surface area contributed by atoms with Crippen molar-refractivity contribution < 1.29 is 14.3 Å². The van der Waals surface area contributed by atoms with Gasteiger partial charge in [0.15, 0.2) is 0 Å². The molecule has 3 amide bonds. The molecule has 0 heterocycles. The predicted molar refractivity (Wildman–Crippen MR) is 66.7 cm³/mol. The monoisotopic (exact) mass is 251 g/mol. The summed E-state index contributed by atoms with van der Waals surface area (Å²) >= 11 is 0. The lowest BCUT2D eigenvalue weighted by molar-refractivity contribution is -0.126. The van der Waals surface area contributed by atoms with Crippen LogP contribution in [0.5, 0.6) is 0 Å². The third-order valence-corrected chi connectivity index (χ3v) is 2.57. The lowest BCUT2D eigenvalue weighted by atomic mass is 9.90. The Balaban J connectivity index is 3.01. The Labute approximate surface area is 105 Å². The molecule has 1 atom stereocenters. The van der Waals surface area contributed by atoms with Gasteiger partial charge in [0.25, 0.3) is 0 Å². The van der Waals surface area contributed by atoms with Crippen LogP contribution < -0.4 is 16.8 Å². The maximum absolute atomic E-state index is 11.6. The van der Waals surface area contributed by atoms with Crippen LogP contribution in [0.1, 0.15) is 5.56 Å². The smallest absolute Gasteiger partial charge is 0.313 e. The number of carbonyl (C=O) groups excluding carboxylic acids is 2. The maximum Gasteiger partial charge on any atom is 0.313 e. The van der Waals surface area contributed by atoms with E-state index in [0.717, 1.165) is 5.56 Å². The molecule has 0 bridgehead atoms. The van der Waals surface area contributed by atoms with Gasteiger partial charge in [0, 0.05) is 13.5 Å². The molecule has 6 nitrogen and oxygen atoms in total. The Bertz CT molecular complexity index is 422. The van der Waals surface area contributed by atoms with Crippen molar-refractivity contribution in [2.75, 3.05) is 13.7 Å². The normalized spacial score (nSPS) is 13.6. The van der Waals surface area contributed by atoms with Crippen molar-refractivity contribution in [1.82, 2.24) is 5.32 Å². The molecule has 0 aliphatic heterocycles. The number of carbonyl (C=O) groups is 2. The molecule has 1 aromatic carbocycles. The van der Waals surface area contributed by atoms with Crippen molar-refractivity contribution >= 4 is 11.9 Å². The van der Waals surface area contributed by atoms with Gasteiger partial charge in [-0.05, 0) is 5.56 Å². The molecule has 0 spiro atoms.